The summed E-state index contributed by atoms with van der Waals surface area (Å²) in [5.41, 5.74) is 0. The van der Waals surface area contributed by atoms with Gasteiger partial charge in [0.15, 0.2) is 0 Å². The van der Waals surface area contributed by atoms with Crippen molar-refractivity contribution in [3.8, 4) is 0 Å². The molecule has 0 heterocycles. The van der Waals surface area contributed by atoms with Crippen LogP contribution in [0.1, 0.15) is 13.8 Å². The first kappa shape index (κ1) is 23.8. The lowest BCUT2D eigenvalue weighted by Crippen LogP contribution is -2.42. The average Bonchev–Trinajstić information content (AvgIpc) is 2.17. The van der Waals surface area contributed by atoms with Crippen molar-refractivity contribution in [2.45, 2.75) is 13.8 Å². The van der Waals surface area contributed by atoms with Crippen LogP contribution in [0.3, 0.4) is 0 Å². The molecule has 0 bridgehead atoms. The largest absolute Gasteiger partial charge is 0.328 e. The van der Waals surface area contributed by atoms with Crippen molar-refractivity contribution in [2.75, 3.05) is 65.9 Å². The molecule has 0 rings (SSSR count). The van der Waals surface area contributed by atoms with Crippen LogP contribution in [0.15, 0.2) is 0 Å². The van der Waals surface area contributed by atoms with Crippen LogP contribution in [0.2, 0.25) is 0 Å². The van der Waals surface area contributed by atoms with Gasteiger partial charge in [-0.1, -0.05) is 0 Å². The molecule has 0 fully saturated rings. The second-order valence-electron chi connectivity index (χ2n) is 5.56. The standard InChI is InChI=1S/C12H30N2S.2HI/c1-7-13(3,4)9-11-15-12-10-14(5,6)8-2;;/h7-12H2,1-6H3;2*1H/q+2;;. The molecule has 0 N–H and O–H groups in total. The van der Waals surface area contributed by atoms with E-state index >= 15 is 0 Å². The van der Waals surface area contributed by atoms with Gasteiger partial charge in [-0.2, -0.15) is 11.8 Å². The number of nitrogens with zero attached hydrogens (tertiary/aromatic N) is 2. The van der Waals surface area contributed by atoms with E-state index in [1.165, 1.54) is 37.7 Å². The average molecular weight is 490 g/mol. The van der Waals surface area contributed by atoms with Crippen molar-refractivity contribution >= 4 is 59.7 Å². The minimum Gasteiger partial charge on any atom is -0.328 e. The molecule has 0 unspecified atom stereocenters. The molecule has 0 aromatic rings. The van der Waals surface area contributed by atoms with Gasteiger partial charge in [-0.25, -0.2) is 0 Å². The maximum absolute atomic E-state index is 2.31. The molecule has 0 amide bonds. The first-order valence-corrected chi connectivity index (χ1v) is 7.20. The van der Waals surface area contributed by atoms with Gasteiger partial charge in [0.25, 0.3) is 0 Å². The molecule has 108 valence electrons. The van der Waals surface area contributed by atoms with Crippen LogP contribution in [0.5, 0.6) is 0 Å². The predicted molar refractivity (Wildman–Crippen MR) is 103 cm³/mol. The van der Waals surface area contributed by atoms with Gasteiger partial charge in [0.2, 0.25) is 0 Å². The summed E-state index contributed by atoms with van der Waals surface area (Å²) in [5, 5.41) is 0. The second-order valence-corrected chi connectivity index (χ2v) is 6.79. The number of thioether (sulfide) groups is 1. The Labute approximate surface area is 147 Å². The Kier molecular flexibility index (Phi) is 16.2. The van der Waals surface area contributed by atoms with Crippen LogP contribution in [0.4, 0.5) is 0 Å². The van der Waals surface area contributed by atoms with Crippen molar-refractivity contribution in [3.05, 3.63) is 0 Å². The molecule has 0 saturated heterocycles. The van der Waals surface area contributed by atoms with Gasteiger partial charge in [0.1, 0.15) is 0 Å². The second kappa shape index (κ2) is 11.5. The summed E-state index contributed by atoms with van der Waals surface area (Å²) in [6, 6.07) is 0. The van der Waals surface area contributed by atoms with Crippen molar-refractivity contribution in [3.63, 3.8) is 0 Å². The highest BCUT2D eigenvalue weighted by Gasteiger charge is 2.13. The third kappa shape index (κ3) is 14.0. The number of hydrogen-bond donors (Lipinski definition) is 0. The zero-order chi connectivity index (χ0) is 11.9. The molecule has 0 atom stereocenters. The number of halogens is 2. The highest BCUT2D eigenvalue weighted by molar-refractivity contribution is 14.0. The summed E-state index contributed by atoms with van der Waals surface area (Å²) in [7, 11) is 9.25. The Morgan fingerprint density at radius 3 is 1.24 bits per heavy atom. The van der Waals surface area contributed by atoms with Gasteiger partial charge in [-0.05, 0) is 13.8 Å². The van der Waals surface area contributed by atoms with Gasteiger partial charge >= 0.3 is 0 Å². The van der Waals surface area contributed by atoms with E-state index in [1.807, 2.05) is 0 Å². The van der Waals surface area contributed by atoms with E-state index in [2.05, 4.69) is 53.8 Å². The molecule has 0 spiro atoms. The Bertz CT molecular complexity index is 158. The molecule has 0 saturated carbocycles. The Hall–Kier alpha value is 1.73. The molecule has 0 radical (unpaired) electrons. The maximum atomic E-state index is 2.31. The van der Waals surface area contributed by atoms with E-state index in [4.69, 9.17) is 0 Å². The molecular weight excluding hydrogens is 458 g/mol. The van der Waals surface area contributed by atoms with Crippen LogP contribution < -0.4 is 0 Å². The van der Waals surface area contributed by atoms with Gasteiger partial charge in [-0.15, -0.1) is 48.0 Å². The van der Waals surface area contributed by atoms with Gasteiger partial charge in [-0.3, -0.25) is 0 Å². The lowest BCUT2D eigenvalue weighted by Gasteiger charge is -2.29. The smallest absolute Gasteiger partial charge is 0.0874 e. The molecular formula is C12H32I2N2S+2. The summed E-state index contributed by atoms with van der Waals surface area (Å²) in [4.78, 5) is 0. The monoisotopic (exact) mass is 490 g/mol. The third-order valence-electron chi connectivity index (χ3n) is 3.39. The number of hydrogen-bond acceptors (Lipinski definition) is 1. The normalized spacial score (nSPS) is 11.6. The highest BCUT2D eigenvalue weighted by atomic mass is 127. The topological polar surface area (TPSA) is 0 Å². The lowest BCUT2D eigenvalue weighted by atomic mass is 10.5. The molecule has 5 heteroatoms. The minimum absolute atomic E-state index is 0. The zero-order valence-electron chi connectivity index (χ0n) is 12.4. The van der Waals surface area contributed by atoms with Crippen LogP contribution >= 0.6 is 59.7 Å². The molecule has 0 aromatic carbocycles. The third-order valence-corrected chi connectivity index (χ3v) is 4.34. The van der Waals surface area contributed by atoms with Crippen LogP contribution in [-0.2, 0) is 0 Å². The number of quaternary nitrogens is 2. The predicted octanol–water partition coefficient (Wildman–Crippen LogP) is 3.15. The van der Waals surface area contributed by atoms with Crippen LogP contribution in [0, 0.1) is 0 Å². The highest BCUT2D eigenvalue weighted by Crippen LogP contribution is 2.07. The van der Waals surface area contributed by atoms with Crippen molar-refractivity contribution < 1.29 is 8.97 Å². The quantitative estimate of drug-likeness (QED) is 0.287. The summed E-state index contributed by atoms with van der Waals surface area (Å²) in [6.45, 7) is 9.58. The van der Waals surface area contributed by atoms with Gasteiger partial charge in [0, 0.05) is 11.5 Å². The summed E-state index contributed by atoms with van der Waals surface area (Å²) in [5.74, 6) is 2.59. The summed E-state index contributed by atoms with van der Waals surface area (Å²) in [6.07, 6.45) is 0. The molecule has 0 aliphatic heterocycles. The Morgan fingerprint density at radius 2 is 1.00 bits per heavy atom. The van der Waals surface area contributed by atoms with E-state index in [0.29, 0.717) is 0 Å². The molecule has 0 aliphatic carbocycles. The minimum atomic E-state index is 0. The van der Waals surface area contributed by atoms with Crippen molar-refractivity contribution in [1.29, 1.82) is 0 Å². The lowest BCUT2D eigenvalue weighted by molar-refractivity contribution is -0.886. The van der Waals surface area contributed by atoms with E-state index < -0.39 is 0 Å². The fourth-order valence-electron chi connectivity index (χ4n) is 1.04. The number of rotatable bonds is 8. The molecule has 0 aromatic heterocycles. The Balaban J connectivity index is -0.000000980. The fraction of sp³-hybridized carbons (Fsp3) is 1.00. The molecule has 17 heavy (non-hydrogen) atoms. The first-order chi connectivity index (χ1) is 6.83. The van der Waals surface area contributed by atoms with Gasteiger partial charge in [0.05, 0.1) is 54.4 Å². The SMILES string of the molecule is CC[N+](C)(C)CCSCC[N+](C)(C)CC.I.I. The Morgan fingerprint density at radius 1 is 0.706 bits per heavy atom. The molecule has 0 aliphatic rings. The van der Waals surface area contributed by atoms with Crippen LogP contribution in [-0.4, -0.2) is 74.8 Å². The zero-order valence-corrected chi connectivity index (χ0v) is 17.8. The van der Waals surface area contributed by atoms with Crippen molar-refractivity contribution in [2.24, 2.45) is 0 Å². The van der Waals surface area contributed by atoms with Crippen LogP contribution in [0.25, 0.3) is 0 Å². The van der Waals surface area contributed by atoms with Crippen molar-refractivity contribution in [1.82, 2.24) is 0 Å². The summed E-state index contributed by atoms with van der Waals surface area (Å²) >= 11 is 2.11. The fourth-order valence-corrected chi connectivity index (χ4v) is 2.49. The van der Waals surface area contributed by atoms with E-state index in [0.717, 1.165) is 8.97 Å². The first-order valence-electron chi connectivity index (χ1n) is 6.05. The van der Waals surface area contributed by atoms with E-state index in [9.17, 15) is 0 Å². The maximum Gasteiger partial charge on any atom is 0.0874 e. The van der Waals surface area contributed by atoms with E-state index in [-0.39, 0.29) is 48.0 Å². The van der Waals surface area contributed by atoms with E-state index in [1.54, 1.807) is 0 Å². The molecule has 2 nitrogen and oxygen atoms in total. The van der Waals surface area contributed by atoms with Gasteiger partial charge < -0.3 is 8.97 Å². The summed E-state index contributed by atoms with van der Waals surface area (Å²) < 4.78 is 2.30.